The van der Waals surface area contributed by atoms with E-state index in [1.165, 1.54) is 5.56 Å². The van der Waals surface area contributed by atoms with Crippen LogP contribution in [0.5, 0.6) is 0 Å². The van der Waals surface area contributed by atoms with Crippen molar-refractivity contribution >= 4 is 0 Å². The molecule has 132 valence electrons. The zero-order valence-corrected chi connectivity index (χ0v) is 15.1. The van der Waals surface area contributed by atoms with Crippen molar-refractivity contribution in [2.45, 2.75) is 45.7 Å². The zero-order valence-electron chi connectivity index (χ0n) is 15.1. The number of rotatable bonds is 8. The largest absolute Gasteiger partial charge is 0.334 e. The van der Waals surface area contributed by atoms with Gasteiger partial charge in [0.25, 0.3) is 5.89 Å². The van der Waals surface area contributed by atoms with Gasteiger partial charge in [-0.2, -0.15) is 10.1 Å². The molecule has 3 rings (SSSR count). The highest BCUT2D eigenvalue weighted by atomic mass is 16.5. The van der Waals surface area contributed by atoms with E-state index in [1.807, 2.05) is 36.1 Å². The summed E-state index contributed by atoms with van der Waals surface area (Å²) in [4.78, 5) is 4.56. The number of hydrogen-bond acceptors (Lipinski definition) is 5. The third-order valence-electron chi connectivity index (χ3n) is 4.29. The number of likely N-dealkylation sites (N-methyl/N-ethyl adjacent to an activating group) is 1. The van der Waals surface area contributed by atoms with Gasteiger partial charge in [-0.25, -0.2) is 0 Å². The average molecular weight is 339 g/mol. The van der Waals surface area contributed by atoms with Crippen molar-refractivity contribution in [3.8, 4) is 11.5 Å². The molecular weight excluding hydrogens is 314 g/mol. The maximum atomic E-state index is 5.50. The summed E-state index contributed by atoms with van der Waals surface area (Å²) in [5.41, 5.74) is 3.31. The van der Waals surface area contributed by atoms with Crippen LogP contribution in [0.4, 0.5) is 0 Å². The molecule has 6 nitrogen and oxygen atoms in total. The summed E-state index contributed by atoms with van der Waals surface area (Å²) in [6.07, 6.45) is 4.53. The summed E-state index contributed by atoms with van der Waals surface area (Å²) in [7, 11) is 1.93. The van der Waals surface area contributed by atoms with Crippen LogP contribution in [0.15, 0.2) is 41.1 Å². The Hall–Kier alpha value is -2.47. The van der Waals surface area contributed by atoms with Gasteiger partial charge in [-0.05, 0) is 26.0 Å². The van der Waals surface area contributed by atoms with Gasteiger partial charge in [0.15, 0.2) is 5.82 Å². The molecule has 0 aliphatic heterocycles. The Kier molecular flexibility index (Phi) is 5.60. The maximum Gasteiger partial charge on any atom is 0.261 e. The monoisotopic (exact) mass is 339 g/mol. The van der Waals surface area contributed by atoms with Crippen LogP contribution in [-0.4, -0.2) is 33.0 Å². The Morgan fingerprint density at radius 3 is 2.76 bits per heavy atom. The van der Waals surface area contributed by atoms with Crippen LogP contribution < -0.4 is 5.32 Å². The summed E-state index contributed by atoms with van der Waals surface area (Å²) in [5.74, 6) is 1.27. The van der Waals surface area contributed by atoms with E-state index < -0.39 is 0 Å². The molecule has 1 aromatic carbocycles. The molecule has 6 heteroatoms. The first-order chi connectivity index (χ1) is 12.2. The molecule has 0 spiro atoms. The molecule has 25 heavy (non-hydrogen) atoms. The molecule has 3 aromatic rings. The van der Waals surface area contributed by atoms with Crippen molar-refractivity contribution in [1.82, 2.24) is 25.2 Å². The predicted octanol–water partition coefficient (Wildman–Crippen LogP) is 3.08. The van der Waals surface area contributed by atoms with Gasteiger partial charge in [-0.1, -0.05) is 48.8 Å². The van der Waals surface area contributed by atoms with Crippen LogP contribution in [0, 0.1) is 0 Å². The summed E-state index contributed by atoms with van der Waals surface area (Å²) in [6, 6.07) is 10.7. The van der Waals surface area contributed by atoms with Gasteiger partial charge >= 0.3 is 0 Å². The van der Waals surface area contributed by atoms with Crippen LogP contribution in [-0.2, 0) is 19.4 Å². The fourth-order valence-electron chi connectivity index (χ4n) is 2.80. The van der Waals surface area contributed by atoms with Crippen molar-refractivity contribution in [1.29, 1.82) is 0 Å². The highest BCUT2D eigenvalue weighted by Gasteiger charge is 2.18. The van der Waals surface area contributed by atoms with Gasteiger partial charge in [0.1, 0.15) is 0 Å². The lowest BCUT2D eigenvalue weighted by atomic mass is 10.1. The molecule has 0 fully saturated rings. The molecule has 0 aliphatic carbocycles. The molecule has 0 saturated carbocycles. The number of nitrogens with zero attached hydrogens (tertiary/aromatic N) is 4. The highest BCUT2D eigenvalue weighted by Crippen LogP contribution is 2.24. The molecule has 0 bridgehead atoms. The van der Waals surface area contributed by atoms with E-state index in [0.717, 1.165) is 42.9 Å². The third-order valence-corrected chi connectivity index (χ3v) is 4.29. The molecule has 1 unspecified atom stereocenters. The Bertz CT molecular complexity index is 793. The van der Waals surface area contributed by atoms with E-state index >= 15 is 0 Å². The lowest BCUT2D eigenvalue weighted by Gasteiger charge is -2.08. The van der Waals surface area contributed by atoms with Crippen molar-refractivity contribution in [3.05, 3.63) is 53.6 Å². The number of aromatic nitrogens is 4. The Balaban J connectivity index is 1.86. The highest BCUT2D eigenvalue weighted by molar-refractivity contribution is 5.55. The third kappa shape index (κ3) is 4.14. The molecule has 2 heterocycles. The number of nitrogens with one attached hydrogen (secondary N) is 1. The Morgan fingerprint density at radius 2 is 2.04 bits per heavy atom. The lowest BCUT2D eigenvalue weighted by Crippen LogP contribution is -2.24. The van der Waals surface area contributed by atoms with Crippen LogP contribution >= 0.6 is 0 Å². The summed E-state index contributed by atoms with van der Waals surface area (Å²) in [6.45, 7) is 5.00. The van der Waals surface area contributed by atoms with Gasteiger partial charge in [-0.15, -0.1) is 0 Å². The molecule has 0 aliphatic rings. The molecule has 2 aromatic heterocycles. The van der Waals surface area contributed by atoms with E-state index in [-0.39, 0.29) is 0 Å². The van der Waals surface area contributed by atoms with Gasteiger partial charge in [0.2, 0.25) is 0 Å². The van der Waals surface area contributed by atoms with Gasteiger partial charge in [0, 0.05) is 12.5 Å². The summed E-state index contributed by atoms with van der Waals surface area (Å²) in [5, 5.41) is 11.9. The van der Waals surface area contributed by atoms with Crippen LogP contribution in [0.2, 0.25) is 0 Å². The molecule has 1 N–H and O–H groups in total. The SMILES string of the molecule is CCCc1c(-c2nc(CC(C)NC)no2)cnn1Cc1ccccc1. The summed E-state index contributed by atoms with van der Waals surface area (Å²) >= 11 is 0. The minimum absolute atomic E-state index is 0.307. The van der Waals surface area contributed by atoms with Crippen molar-refractivity contribution in [2.24, 2.45) is 0 Å². The second kappa shape index (κ2) is 8.07. The molecular formula is C19H25N5O. The van der Waals surface area contributed by atoms with E-state index in [2.05, 4.69) is 46.5 Å². The predicted molar refractivity (Wildman–Crippen MR) is 97.3 cm³/mol. The summed E-state index contributed by atoms with van der Waals surface area (Å²) < 4.78 is 7.54. The fraction of sp³-hybridized carbons (Fsp3) is 0.421. The van der Waals surface area contributed by atoms with Crippen molar-refractivity contribution < 1.29 is 4.52 Å². The van der Waals surface area contributed by atoms with E-state index in [4.69, 9.17) is 4.52 Å². The van der Waals surface area contributed by atoms with Crippen LogP contribution in [0.1, 0.15) is 37.4 Å². The quantitative estimate of drug-likeness (QED) is 0.683. The maximum absolute atomic E-state index is 5.50. The topological polar surface area (TPSA) is 68.8 Å². The van der Waals surface area contributed by atoms with Gasteiger partial charge < -0.3 is 9.84 Å². The second-order valence-electron chi connectivity index (χ2n) is 6.31. The standard InChI is InChI=1S/C19H25N5O/c1-4-8-17-16(19-22-18(23-25-19)11-14(2)20-3)12-21-24(17)13-15-9-6-5-7-10-15/h5-7,9-10,12,14,20H,4,8,11,13H2,1-3H3. The first-order valence-corrected chi connectivity index (χ1v) is 8.80. The molecule has 0 radical (unpaired) electrons. The van der Waals surface area contributed by atoms with Crippen molar-refractivity contribution in [3.63, 3.8) is 0 Å². The Morgan fingerprint density at radius 1 is 1.24 bits per heavy atom. The number of benzene rings is 1. The van der Waals surface area contributed by atoms with Crippen LogP contribution in [0.25, 0.3) is 11.5 Å². The minimum atomic E-state index is 0.307. The molecule has 0 saturated heterocycles. The fourth-order valence-corrected chi connectivity index (χ4v) is 2.80. The number of hydrogen-bond donors (Lipinski definition) is 1. The van der Waals surface area contributed by atoms with Crippen LogP contribution in [0.3, 0.4) is 0 Å². The first kappa shape index (κ1) is 17.4. The molecule has 1 atom stereocenters. The zero-order chi connectivity index (χ0) is 17.6. The van der Waals surface area contributed by atoms with Gasteiger partial charge in [-0.3, -0.25) is 4.68 Å². The first-order valence-electron chi connectivity index (χ1n) is 8.80. The average Bonchev–Trinajstić information content (AvgIpc) is 3.23. The second-order valence-corrected chi connectivity index (χ2v) is 6.31. The normalized spacial score (nSPS) is 12.4. The Labute approximate surface area is 148 Å². The van der Waals surface area contributed by atoms with E-state index in [9.17, 15) is 0 Å². The smallest absolute Gasteiger partial charge is 0.261 e. The minimum Gasteiger partial charge on any atom is -0.334 e. The van der Waals surface area contributed by atoms with E-state index in [0.29, 0.717) is 11.9 Å². The van der Waals surface area contributed by atoms with Crippen molar-refractivity contribution in [2.75, 3.05) is 7.05 Å². The van der Waals surface area contributed by atoms with Gasteiger partial charge in [0.05, 0.1) is 24.0 Å². The van der Waals surface area contributed by atoms with E-state index in [1.54, 1.807) is 0 Å². The molecule has 0 amide bonds. The lowest BCUT2D eigenvalue weighted by molar-refractivity contribution is 0.417.